The van der Waals surface area contributed by atoms with Gasteiger partial charge in [-0.25, -0.2) is 4.79 Å². The Morgan fingerprint density at radius 2 is 1.96 bits per heavy atom. The summed E-state index contributed by atoms with van der Waals surface area (Å²) < 4.78 is 9.85. The van der Waals surface area contributed by atoms with Crippen molar-refractivity contribution in [3.8, 4) is 0 Å². The van der Waals surface area contributed by atoms with Crippen LogP contribution in [0, 0.1) is 0 Å². The number of nitrogens with zero attached hydrogens (tertiary/aromatic N) is 2. The fourth-order valence-electron chi connectivity index (χ4n) is 3.37. The summed E-state index contributed by atoms with van der Waals surface area (Å²) in [5, 5.41) is 2.32. The number of methoxy groups -OCH3 is 1. The summed E-state index contributed by atoms with van der Waals surface area (Å²) in [6, 6.07) is 5.44. The highest BCUT2D eigenvalue weighted by molar-refractivity contribution is 5.94. The van der Waals surface area contributed by atoms with Crippen LogP contribution < -0.4 is 5.56 Å². The van der Waals surface area contributed by atoms with E-state index in [1.54, 1.807) is 15.9 Å². The van der Waals surface area contributed by atoms with Gasteiger partial charge in [0.15, 0.2) is 0 Å². The number of nitrogens with one attached hydrogen (secondary N) is 1. The number of ether oxygens (including phenoxy) is 1. The van der Waals surface area contributed by atoms with E-state index in [4.69, 9.17) is 9.26 Å². The molecule has 1 aromatic carbocycles. The molecule has 1 N–H and O–H groups in total. The molecule has 0 saturated carbocycles. The van der Waals surface area contributed by atoms with E-state index in [0.717, 1.165) is 11.1 Å². The number of aromatic nitrogens is 1. The van der Waals surface area contributed by atoms with E-state index in [0.29, 0.717) is 42.9 Å². The lowest BCUT2D eigenvalue weighted by Gasteiger charge is -2.25. The molecule has 8 nitrogen and oxygen atoms in total. The molecule has 2 aliphatic rings. The fraction of sp³-hybridized carbons (Fsp3) is 0.353. The molecule has 0 unspecified atom stereocenters. The Morgan fingerprint density at radius 1 is 1.16 bits per heavy atom. The molecular weight excluding hydrogens is 326 g/mol. The third kappa shape index (κ3) is 2.59. The maximum Gasteiger partial charge on any atom is 0.410 e. The normalized spacial score (nSPS) is 15.7. The van der Waals surface area contributed by atoms with Crippen molar-refractivity contribution in [2.75, 3.05) is 13.7 Å². The van der Waals surface area contributed by atoms with Crippen LogP contribution in [0.15, 0.2) is 27.5 Å². The summed E-state index contributed by atoms with van der Waals surface area (Å²) in [7, 11) is 1.35. The molecule has 0 saturated heterocycles. The second-order valence-electron chi connectivity index (χ2n) is 6.22. The van der Waals surface area contributed by atoms with Gasteiger partial charge in [-0.05, 0) is 23.3 Å². The van der Waals surface area contributed by atoms with Gasteiger partial charge in [-0.3, -0.25) is 14.5 Å². The summed E-state index contributed by atoms with van der Waals surface area (Å²) in [6.45, 7) is 1.64. The molecule has 3 heterocycles. The maximum absolute atomic E-state index is 12.8. The maximum atomic E-state index is 12.8. The molecule has 0 atom stereocenters. The van der Waals surface area contributed by atoms with Crippen LogP contribution >= 0.6 is 0 Å². The van der Waals surface area contributed by atoms with Crippen molar-refractivity contribution < 1.29 is 18.8 Å². The van der Waals surface area contributed by atoms with Gasteiger partial charge in [0.25, 0.3) is 11.5 Å². The Labute approximate surface area is 142 Å². The smallest absolute Gasteiger partial charge is 0.410 e. The summed E-state index contributed by atoms with van der Waals surface area (Å²) in [6.07, 6.45) is 0.132. The minimum atomic E-state index is -0.383. The van der Waals surface area contributed by atoms with Crippen LogP contribution in [0.4, 0.5) is 4.79 Å². The highest BCUT2D eigenvalue weighted by Gasteiger charge is 2.28. The molecular formula is C17H17N3O5. The van der Waals surface area contributed by atoms with Gasteiger partial charge in [-0.15, -0.1) is 0 Å². The predicted molar refractivity (Wildman–Crippen MR) is 85.9 cm³/mol. The second kappa shape index (κ2) is 5.80. The van der Waals surface area contributed by atoms with E-state index >= 15 is 0 Å². The summed E-state index contributed by atoms with van der Waals surface area (Å²) in [5.74, 6) is 0.488. The zero-order valence-electron chi connectivity index (χ0n) is 13.7. The minimum absolute atomic E-state index is 0.134. The van der Waals surface area contributed by atoms with Gasteiger partial charge in [0.2, 0.25) is 0 Å². The van der Waals surface area contributed by atoms with Gasteiger partial charge in [0.05, 0.1) is 19.2 Å². The topological polar surface area (TPSA) is 95.8 Å². The van der Waals surface area contributed by atoms with Crippen molar-refractivity contribution >= 4 is 12.0 Å². The lowest BCUT2D eigenvalue weighted by atomic mass is 10.0. The lowest BCUT2D eigenvalue weighted by Crippen LogP contribution is -2.37. The second-order valence-corrected chi connectivity index (χ2v) is 6.22. The Hall–Kier alpha value is -3.03. The number of aromatic amines is 1. The zero-order valence-corrected chi connectivity index (χ0v) is 13.7. The monoisotopic (exact) mass is 343 g/mol. The van der Waals surface area contributed by atoms with Crippen molar-refractivity contribution in [2.24, 2.45) is 0 Å². The summed E-state index contributed by atoms with van der Waals surface area (Å²) in [5.41, 5.74) is 2.73. The number of carbonyl (C=O) groups excluding carboxylic acids is 2. The van der Waals surface area contributed by atoms with Gasteiger partial charge in [-0.2, -0.15) is 5.16 Å². The van der Waals surface area contributed by atoms with Crippen LogP contribution in [0.2, 0.25) is 0 Å². The quantitative estimate of drug-likeness (QED) is 0.841. The molecule has 8 heteroatoms. The van der Waals surface area contributed by atoms with Crippen LogP contribution in [0.5, 0.6) is 0 Å². The van der Waals surface area contributed by atoms with Crippen LogP contribution in [-0.4, -0.2) is 40.6 Å². The van der Waals surface area contributed by atoms with Crippen molar-refractivity contribution in [2.45, 2.75) is 26.1 Å². The van der Waals surface area contributed by atoms with Gasteiger partial charge >= 0.3 is 6.09 Å². The van der Waals surface area contributed by atoms with E-state index in [1.807, 2.05) is 12.1 Å². The first-order chi connectivity index (χ1) is 12.1. The molecule has 2 aromatic rings. The molecule has 0 spiro atoms. The van der Waals surface area contributed by atoms with Crippen molar-refractivity contribution in [3.63, 3.8) is 0 Å². The van der Waals surface area contributed by atoms with Crippen molar-refractivity contribution in [1.82, 2.24) is 15.0 Å². The lowest BCUT2D eigenvalue weighted by molar-refractivity contribution is 0.0728. The number of hydrogen-bond acceptors (Lipinski definition) is 5. The van der Waals surface area contributed by atoms with E-state index < -0.39 is 0 Å². The molecule has 25 heavy (non-hydrogen) atoms. The summed E-state index contributed by atoms with van der Waals surface area (Å²) >= 11 is 0. The first-order valence-electron chi connectivity index (χ1n) is 8.00. The highest BCUT2D eigenvalue weighted by Crippen LogP contribution is 2.26. The number of carbonyl (C=O) groups is 2. The number of H-pyrrole nitrogens is 1. The number of rotatable bonds is 1. The first-order valence-corrected chi connectivity index (χ1v) is 8.00. The molecule has 4 rings (SSSR count). The Balaban J connectivity index is 1.54. The van der Waals surface area contributed by atoms with Gasteiger partial charge in [-0.1, -0.05) is 6.07 Å². The highest BCUT2D eigenvalue weighted by atomic mass is 16.5. The average Bonchev–Trinajstić information content (AvgIpc) is 3.23. The van der Waals surface area contributed by atoms with Crippen LogP contribution in [-0.2, 0) is 30.8 Å². The number of benzene rings is 1. The third-order valence-corrected chi connectivity index (χ3v) is 4.73. The average molecular weight is 343 g/mol. The molecule has 2 aliphatic heterocycles. The van der Waals surface area contributed by atoms with Crippen molar-refractivity contribution in [3.05, 3.63) is 56.6 Å². The number of hydrogen-bond donors (Lipinski definition) is 1. The number of fused-ring (bicyclic) bond motifs is 2. The van der Waals surface area contributed by atoms with E-state index in [-0.39, 0.29) is 24.1 Å². The molecule has 0 aliphatic carbocycles. The zero-order chi connectivity index (χ0) is 17.6. The van der Waals surface area contributed by atoms with E-state index in [2.05, 4.69) is 5.16 Å². The molecule has 130 valence electrons. The van der Waals surface area contributed by atoms with Gasteiger partial charge in [0, 0.05) is 31.6 Å². The van der Waals surface area contributed by atoms with Crippen LogP contribution in [0.25, 0.3) is 0 Å². The predicted octanol–water partition coefficient (Wildman–Crippen LogP) is 1.25. The van der Waals surface area contributed by atoms with Crippen LogP contribution in [0.1, 0.15) is 32.8 Å². The van der Waals surface area contributed by atoms with E-state index in [1.165, 1.54) is 7.11 Å². The standard InChI is InChI=1S/C17H17N3O5/c1-24-17(23)20-7-11-3-2-10(6-12(11)8-20)16(22)19-5-4-14-13(9-19)15(21)18-25-14/h2-3,6H,4-5,7-9H2,1H3,(H,18,21). The summed E-state index contributed by atoms with van der Waals surface area (Å²) in [4.78, 5) is 39.4. The SMILES string of the molecule is COC(=O)N1Cc2ccc(C(=O)N3CCc4o[nH]c(=O)c4C3)cc2C1. The van der Waals surface area contributed by atoms with Gasteiger partial charge < -0.3 is 14.2 Å². The largest absolute Gasteiger partial charge is 0.453 e. The minimum Gasteiger partial charge on any atom is -0.453 e. The molecule has 0 fully saturated rings. The third-order valence-electron chi connectivity index (χ3n) is 4.73. The molecule has 1 aromatic heterocycles. The Morgan fingerprint density at radius 3 is 2.76 bits per heavy atom. The van der Waals surface area contributed by atoms with Crippen molar-refractivity contribution in [1.29, 1.82) is 0 Å². The van der Waals surface area contributed by atoms with Crippen LogP contribution in [0.3, 0.4) is 0 Å². The first kappa shape index (κ1) is 15.5. The fourth-order valence-corrected chi connectivity index (χ4v) is 3.37. The molecule has 0 radical (unpaired) electrons. The molecule has 2 amide bonds. The Bertz CT molecular complexity index is 913. The Kier molecular flexibility index (Phi) is 3.60. The molecule has 0 bridgehead atoms. The van der Waals surface area contributed by atoms with E-state index in [9.17, 15) is 14.4 Å². The number of amides is 2. The van der Waals surface area contributed by atoms with Gasteiger partial charge in [0.1, 0.15) is 5.76 Å².